The molecule has 0 aliphatic carbocycles. The summed E-state index contributed by atoms with van der Waals surface area (Å²) in [4.78, 5) is -0.239. The van der Waals surface area contributed by atoms with Crippen molar-refractivity contribution in [2.75, 3.05) is 17.1 Å². The van der Waals surface area contributed by atoms with E-state index in [9.17, 15) is 12.8 Å². The van der Waals surface area contributed by atoms with Gasteiger partial charge >= 0.3 is 0 Å². The number of anilines is 2. The Morgan fingerprint density at radius 3 is 2.38 bits per heavy atom. The van der Waals surface area contributed by atoms with Crippen molar-refractivity contribution in [2.45, 2.75) is 4.90 Å². The third kappa shape index (κ3) is 2.79. The van der Waals surface area contributed by atoms with E-state index in [-0.39, 0.29) is 26.3 Å². The first-order valence-corrected chi connectivity index (χ1v) is 7.93. The van der Waals surface area contributed by atoms with E-state index in [2.05, 4.69) is 0 Å². The summed E-state index contributed by atoms with van der Waals surface area (Å²) in [5, 5.41) is -0.0433. The lowest BCUT2D eigenvalue weighted by molar-refractivity contribution is 0.590. The topological polar surface area (TPSA) is 63.4 Å². The van der Waals surface area contributed by atoms with Gasteiger partial charge in [0.15, 0.2) is 0 Å². The predicted molar refractivity (Wildman–Crippen MR) is 82.9 cm³/mol. The number of nitrogen functional groups attached to an aromatic ring is 1. The lowest BCUT2D eigenvalue weighted by Gasteiger charge is -2.21. The number of nitrogens with two attached hydrogens (primary N) is 1. The van der Waals surface area contributed by atoms with Crippen LogP contribution in [0.3, 0.4) is 0 Å². The first kappa shape index (κ1) is 15.9. The molecule has 4 nitrogen and oxygen atoms in total. The number of hydrogen-bond donors (Lipinski definition) is 1. The number of halogens is 3. The summed E-state index contributed by atoms with van der Waals surface area (Å²) in [6, 6.07) is 8.06. The van der Waals surface area contributed by atoms with Crippen LogP contribution in [0, 0.1) is 5.82 Å². The van der Waals surface area contributed by atoms with E-state index in [1.165, 1.54) is 43.4 Å². The number of benzene rings is 2. The van der Waals surface area contributed by atoms with Crippen molar-refractivity contribution in [3.05, 3.63) is 52.3 Å². The van der Waals surface area contributed by atoms with Crippen molar-refractivity contribution in [3.8, 4) is 0 Å². The highest BCUT2D eigenvalue weighted by atomic mass is 35.5. The highest BCUT2D eigenvalue weighted by molar-refractivity contribution is 7.93. The van der Waals surface area contributed by atoms with Crippen LogP contribution >= 0.6 is 23.2 Å². The quantitative estimate of drug-likeness (QED) is 0.862. The van der Waals surface area contributed by atoms with Crippen LogP contribution in [-0.4, -0.2) is 15.5 Å². The van der Waals surface area contributed by atoms with Gasteiger partial charge in [-0.3, -0.25) is 4.31 Å². The Balaban J connectivity index is 2.58. The summed E-state index contributed by atoms with van der Waals surface area (Å²) in [6.07, 6.45) is 0. The Labute approximate surface area is 131 Å². The van der Waals surface area contributed by atoms with E-state index >= 15 is 0 Å². The average Bonchev–Trinajstić information content (AvgIpc) is 2.44. The monoisotopic (exact) mass is 348 g/mol. The van der Waals surface area contributed by atoms with Gasteiger partial charge in [-0.15, -0.1) is 0 Å². The minimum Gasteiger partial charge on any atom is -0.396 e. The molecule has 2 aromatic carbocycles. The zero-order chi connectivity index (χ0) is 15.8. The molecule has 2 aromatic rings. The van der Waals surface area contributed by atoms with Crippen LogP contribution in [0.25, 0.3) is 0 Å². The van der Waals surface area contributed by atoms with Crippen molar-refractivity contribution in [2.24, 2.45) is 0 Å². The van der Waals surface area contributed by atoms with Gasteiger partial charge < -0.3 is 5.73 Å². The standard InChI is InChI=1S/C13H11Cl2FN2O2S/c1-18(10-5-3-2-4-9(10)16)21(19,20)11-7-6-8(14)13(17)12(11)15/h2-7H,17H2,1H3. The average molecular weight is 349 g/mol. The number of para-hydroxylation sites is 1. The lowest BCUT2D eigenvalue weighted by Crippen LogP contribution is -2.27. The second kappa shape index (κ2) is 5.71. The Bertz CT molecular complexity index is 797. The Hall–Kier alpha value is -1.50. The van der Waals surface area contributed by atoms with Gasteiger partial charge in [0.25, 0.3) is 10.0 Å². The Morgan fingerprint density at radius 1 is 1.14 bits per heavy atom. The normalized spacial score (nSPS) is 11.4. The van der Waals surface area contributed by atoms with Crippen LogP contribution < -0.4 is 10.0 Å². The minimum atomic E-state index is -4.06. The van der Waals surface area contributed by atoms with Gasteiger partial charge in [0, 0.05) is 7.05 Å². The number of rotatable bonds is 3. The fourth-order valence-electron chi connectivity index (χ4n) is 1.73. The van der Waals surface area contributed by atoms with E-state index in [0.29, 0.717) is 0 Å². The van der Waals surface area contributed by atoms with Gasteiger partial charge in [0.2, 0.25) is 0 Å². The molecule has 2 rings (SSSR count). The van der Waals surface area contributed by atoms with Gasteiger partial charge in [0.1, 0.15) is 10.7 Å². The molecule has 2 N–H and O–H groups in total. The summed E-state index contributed by atoms with van der Waals surface area (Å²) in [5.74, 6) is -0.665. The molecule has 0 heterocycles. The summed E-state index contributed by atoms with van der Waals surface area (Å²) in [6.45, 7) is 0. The molecule has 21 heavy (non-hydrogen) atoms. The van der Waals surface area contributed by atoms with E-state index in [0.717, 1.165) is 4.31 Å². The van der Waals surface area contributed by atoms with Crippen LogP contribution in [0.15, 0.2) is 41.3 Å². The van der Waals surface area contributed by atoms with Crippen LogP contribution in [0.1, 0.15) is 0 Å². The molecule has 0 aliphatic heterocycles. The molecule has 112 valence electrons. The van der Waals surface area contributed by atoms with E-state index in [1.54, 1.807) is 0 Å². The summed E-state index contributed by atoms with van der Waals surface area (Å²) < 4.78 is 39.6. The van der Waals surface area contributed by atoms with Crippen LogP contribution in [0.4, 0.5) is 15.8 Å². The van der Waals surface area contributed by atoms with Crippen molar-refractivity contribution >= 4 is 44.6 Å². The van der Waals surface area contributed by atoms with Gasteiger partial charge in [-0.1, -0.05) is 35.3 Å². The van der Waals surface area contributed by atoms with E-state index in [4.69, 9.17) is 28.9 Å². The molecule has 0 aliphatic rings. The van der Waals surface area contributed by atoms with Crippen LogP contribution in [0.5, 0.6) is 0 Å². The first-order valence-electron chi connectivity index (χ1n) is 5.73. The Morgan fingerprint density at radius 2 is 1.76 bits per heavy atom. The number of sulfonamides is 1. The smallest absolute Gasteiger partial charge is 0.265 e. The molecule has 0 aromatic heterocycles. The minimum absolute atomic E-state index is 0.0404. The highest BCUT2D eigenvalue weighted by Gasteiger charge is 2.27. The summed E-state index contributed by atoms with van der Waals surface area (Å²) in [7, 11) is -2.83. The lowest BCUT2D eigenvalue weighted by atomic mass is 10.3. The molecule has 0 spiro atoms. The maximum absolute atomic E-state index is 13.7. The molecule has 0 fully saturated rings. The number of hydrogen-bond acceptors (Lipinski definition) is 3. The number of nitrogens with zero attached hydrogens (tertiary/aromatic N) is 1. The van der Waals surface area contributed by atoms with Gasteiger partial charge in [-0.25, -0.2) is 12.8 Å². The molecule has 0 bridgehead atoms. The molecule has 8 heteroatoms. The van der Waals surface area contributed by atoms with Crippen molar-refractivity contribution in [3.63, 3.8) is 0 Å². The zero-order valence-electron chi connectivity index (χ0n) is 10.8. The van der Waals surface area contributed by atoms with Crippen LogP contribution in [-0.2, 0) is 10.0 Å². The molecule has 0 atom stereocenters. The summed E-state index contributed by atoms with van der Waals surface area (Å²) in [5.41, 5.74) is 5.49. The van der Waals surface area contributed by atoms with Crippen molar-refractivity contribution < 1.29 is 12.8 Å². The Kier molecular flexibility index (Phi) is 4.32. The summed E-state index contributed by atoms with van der Waals surface area (Å²) >= 11 is 11.7. The molecule has 0 saturated carbocycles. The van der Waals surface area contributed by atoms with Gasteiger partial charge in [-0.05, 0) is 24.3 Å². The van der Waals surface area contributed by atoms with E-state index in [1.807, 2.05) is 0 Å². The van der Waals surface area contributed by atoms with Crippen molar-refractivity contribution in [1.29, 1.82) is 0 Å². The van der Waals surface area contributed by atoms with Crippen LogP contribution in [0.2, 0.25) is 10.0 Å². The molecule has 0 unspecified atom stereocenters. The van der Waals surface area contributed by atoms with Crippen molar-refractivity contribution in [1.82, 2.24) is 0 Å². The first-order chi connectivity index (χ1) is 9.76. The third-order valence-corrected chi connectivity index (χ3v) is 5.58. The molecule has 0 amide bonds. The van der Waals surface area contributed by atoms with Gasteiger partial charge in [0.05, 0.1) is 21.4 Å². The molecular weight excluding hydrogens is 338 g/mol. The zero-order valence-corrected chi connectivity index (χ0v) is 13.2. The maximum atomic E-state index is 13.7. The second-order valence-corrected chi connectivity index (χ2v) is 6.92. The predicted octanol–water partition coefficient (Wildman–Crippen LogP) is 3.54. The van der Waals surface area contributed by atoms with E-state index < -0.39 is 15.8 Å². The SMILES string of the molecule is CN(c1ccccc1F)S(=O)(=O)c1ccc(Cl)c(N)c1Cl. The third-order valence-electron chi connectivity index (χ3n) is 2.92. The highest BCUT2D eigenvalue weighted by Crippen LogP contribution is 2.35. The molecular formula is C13H11Cl2FN2O2S. The fraction of sp³-hybridized carbons (Fsp3) is 0.0769. The second-order valence-electron chi connectivity index (χ2n) is 4.20. The molecule has 0 saturated heterocycles. The largest absolute Gasteiger partial charge is 0.396 e. The fourth-order valence-corrected chi connectivity index (χ4v) is 3.67. The van der Waals surface area contributed by atoms with Gasteiger partial charge in [-0.2, -0.15) is 0 Å². The molecule has 0 radical (unpaired) electrons. The maximum Gasteiger partial charge on any atom is 0.265 e.